The Morgan fingerprint density at radius 3 is 1.10 bits per heavy atom. The van der Waals surface area contributed by atoms with Gasteiger partial charge in [0.05, 0.1) is 21.3 Å². The number of ketones is 1. The molecule has 0 saturated carbocycles. The number of methoxy groups -OCH3 is 3. The van der Waals surface area contributed by atoms with E-state index >= 15 is 0 Å². The number of rotatable bonds is 7. The van der Waals surface area contributed by atoms with Crippen LogP contribution in [-0.4, -0.2) is 32.9 Å². The van der Waals surface area contributed by atoms with Crippen LogP contribution in [0, 0.1) is 0 Å². The second-order valence-corrected chi connectivity index (χ2v) is 9.81. The highest BCUT2D eigenvalue weighted by atomic mass is 31.2. The number of benzene rings is 3. The van der Waals surface area contributed by atoms with E-state index in [2.05, 4.69) is 0 Å². The highest BCUT2D eigenvalue weighted by Crippen LogP contribution is 2.44. The van der Waals surface area contributed by atoms with Crippen molar-refractivity contribution in [3.8, 4) is 17.2 Å². The average Bonchev–Trinajstić information content (AvgIpc) is 2.77. The van der Waals surface area contributed by atoms with Crippen molar-refractivity contribution >= 4 is 34.4 Å². The van der Waals surface area contributed by atoms with Crippen LogP contribution < -0.4 is 30.1 Å². The van der Waals surface area contributed by atoms with E-state index in [0.717, 1.165) is 33.2 Å². The molecule has 0 spiro atoms. The van der Waals surface area contributed by atoms with Gasteiger partial charge >= 0.3 is 0 Å². The number of hydrogen-bond acceptors (Lipinski definition) is 4. The van der Waals surface area contributed by atoms with E-state index in [-0.39, 0.29) is 5.78 Å². The Labute approximate surface area is 172 Å². The first-order valence-corrected chi connectivity index (χ1v) is 11.1. The third kappa shape index (κ3) is 4.23. The third-order valence-electron chi connectivity index (χ3n) is 4.81. The predicted octanol–water partition coefficient (Wildman–Crippen LogP) is 3.40. The van der Waals surface area contributed by atoms with Crippen LogP contribution in [0.3, 0.4) is 0 Å². The molecular weight excluding hydrogens is 383 g/mol. The quantitative estimate of drug-likeness (QED) is 0.562. The molecule has 3 aromatic carbocycles. The molecule has 0 fully saturated rings. The molecule has 5 heteroatoms. The van der Waals surface area contributed by atoms with Gasteiger partial charge in [0.15, 0.2) is 5.78 Å². The van der Waals surface area contributed by atoms with Crippen LogP contribution in [0.2, 0.25) is 0 Å². The van der Waals surface area contributed by atoms with Gasteiger partial charge in [-0.25, -0.2) is 0 Å². The van der Waals surface area contributed by atoms with Gasteiger partial charge in [-0.1, -0.05) is 36.4 Å². The van der Waals surface area contributed by atoms with Crippen LogP contribution in [0.5, 0.6) is 17.2 Å². The van der Waals surface area contributed by atoms with Crippen LogP contribution in [0.1, 0.15) is 6.92 Å². The van der Waals surface area contributed by atoms with Crippen molar-refractivity contribution in [2.75, 3.05) is 21.3 Å². The minimum Gasteiger partial charge on any atom is -0.497 e. The van der Waals surface area contributed by atoms with Crippen LogP contribution in [0.4, 0.5) is 0 Å². The van der Waals surface area contributed by atoms with Gasteiger partial charge in [0, 0.05) is 0 Å². The summed E-state index contributed by atoms with van der Waals surface area (Å²) in [4.78, 5) is 12.4. The van der Waals surface area contributed by atoms with Gasteiger partial charge in [-0.15, -0.1) is 0 Å². The van der Waals surface area contributed by atoms with E-state index in [4.69, 9.17) is 14.2 Å². The van der Waals surface area contributed by atoms with Crippen molar-refractivity contribution in [3.05, 3.63) is 72.8 Å². The molecule has 150 valence electrons. The number of carbonyl (C=O) groups is 1. The molecule has 0 saturated heterocycles. The van der Waals surface area contributed by atoms with Crippen molar-refractivity contribution in [2.45, 2.75) is 6.92 Å². The summed E-state index contributed by atoms with van der Waals surface area (Å²) in [6, 6.07) is 23.9. The highest BCUT2D eigenvalue weighted by Gasteiger charge is 2.26. The molecule has 0 radical (unpaired) electrons. The van der Waals surface area contributed by atoms with Crippen LogP contribution in [0.25, 0.3) is 0 Å². The van der Waals surface area contributed by atoms with Crippen LogP contribution in [-0.2, 0) is 4.79 Å². The average molecular weight is 408 g/mol. The Hall–Kier alpha value is -2.97. The third-order valence-corrected chi connectivity index (χ3v) is 8.90. The first kappa shape index (κ1) is 20.8. The maximum Gasteiger partial charge on any atom is 0.153 e. The van der Waals surface area contributed by atoms with Crippen LogP contribution in [0.15, 0.2) is 72.8 Å². The molecule has 0 aromatic heterocycles. The summed E-state index contributed by atoms with van der Waals surface area (Å²) >= 11 is 0. The summed E-state index contributed by atoms with van der Waals surface area (Å²) in [7, 11) is 4.93. The Morgan fingerprint density at radius 1 is 0.621 bits per heavy atom. The maximum atomic E-state index is 12.4. The molecule has 0 N–H and O–H groups in total. The van der Waals surface area contributed by atoms with Crippen molar-refractivity contribution in [2.24, 2.45) is 0 Å². The van der Waals surface area contributed by atoms with Crippen molar-refractivity contribution in [3.63, 3.8) is 0 Å². The Kier molecular flexibility index (Phi) is 6.46. The van der Waals surface area contributed by atoms with Gasteiger partial charge in [0.25, 0.3) is 0 Å². The standard InChI is InChI=1S/C24H25O4P/c1-18(25)17-29(22-11-5-19(26-2)6-12-22,23-13-7-20(27-3)8-14-23)24-15-9-21(28-4)10-16-24/h5-17H,1-4H3. The molecular formula is C24H25O4P. The molecule has 3 aromatic rings. The Balaban J connectivity index is 2.35. The van der Waals surface area contributed by atoms with Crippen molar-refractivity contribution in [1.82, 2.24) is 0 Å². The minimum atomic E-state index is -2.34. The van der Waals surface area contributed by atoms with E-state index in [1.165, 1.54) is 0 Å². The lowest BCUT2D eigenvalue weighted by molar-refractivity contribution is -0.110. The zero-order chi connectivity index (χ0) is 20.9. The van der Waals surface area contributed by atoms with Crippen molar-refractivity contribution < 1.29 is 19.0 Å². The lowest BCUT2D eigenvalue weighted by Gasteiger charge is -2.28. The SMILES string of the molecule is COc1ccc(P(=CC(C)=O)(c2ccc(OC)cc2)c2ccc(OC)cc2)cc1. The fourth-order valence-electron chi connectivity index (χ4n) is 3.40. The van der Waals surface area contributed by atoms with Gasteiger partial charge in [0.1, 0.15) is 17.2 Å². The van der Waals surface area contributed by atoms with E-state index in [1.807, 2.05) is 78.6 Å². The molecule has 3 rings (SSSR count). The zero-order valence-electron chi connectivity index (χ0n) is 17.1. The highest BCUT2D eigenvalue weighted by molar-refractivity contribution is 7.95. The van der Waals surface area contributed by atoms with Gasteiger partial charge in [0.2, 0.25) is 0 Å². The van der Waals surface area contributed by atoms with E-state index in [1.54, 1.807) is 28.3 Å². The summed E-state index contributed by atoms with van der Waals surface area (Å²) in [5, 5.41) is 3.22. The summed E-state index contributed by atoms with van der Waals surface area (Å²) in [5.41, 5.74) is 0. The number of hydrogen-bond donors (Lipinski definition) is 0. The molecule has 0 aliphatic rings. The molecule has 0 bridgehead atoms. The fraction of sp³-hybridized carbons (Fsp3) is 0.167. The molecule has 0 heterocycles. The second kappa shape index (κ2) is 9.02. The monoisotopic (exact) mass is 408 g/mol. The number of Topliss-reactive ketones (excluding diaryl/α,β-unsaturated/α-hetero) is 1. The van der Waals surface area contributed by atoms with E-state index in [9.17, 15) is 4.79 Å². The van der Waals surface area contributed by atoms with Gasteiger partial charge < -0.3 is 14.2 Å². The lowest BCUT2D eigenvalue weighted by atomic mass is 10.3. The maximum absolute atomic E-state index is 12.4. The molecule has 0 unspecified atom stereocenters. The topological polar surface area (TPSA) is 44.8 Å². The normalized spacial score (nSPS) is 10.9. The molecule has 0 aliphatic carbocycles. The largest absolute Gasteiger partial charge is 0.497 e. The smallest absolute Gasteiger partial charge is 0.153 e. The van der Waals surface area contributed by atoms with E-state index in [0.29, 0.717) is 0 Å². The predicted molar refractivity (Wildman–Crippen MR) is 122 cm³/mol. The Morgan fingerprint density at radius 2 is 0.897 bits per heavy atom. The van der Waals surface area contributed by atoms with E-state index < -0.39 is 6.89 Å². The van der Waals surface area contributed by atoms with Gasteiger partial charge in [-0.3, -0.25) is 4.79 Å². The second-order valence-electron chi connectivity index (χ2n) is 6.56. The molecule has 29 heavy (non-hydrogen) atoms. The molecule has 4 nitrogen and oxygen atoms in total. The number of carbonyl (C=O) groups excluding carboxylic acids is 1. The zero-order valence-corrected chi connectivity index (χ0v) is 18.0. The Bertz CT molecular complexity index is 898. The molecule has 0 atom stereocenters. The van der Waals surface area contributed by atoms with Gasteiger partial charge in [-0.2, -0.15) is 0 Å². The summed E-state index contributed by atoms with van der Waals surface area (Å²) < 4.78 is 16.0. The number of ether oxygens (including phenoxy) is 3. The summed E-state index contributed by atoms with van der Waals surface area (Å²) in [6.45, 7) is -0.739. The first-order chi connectivity index (χ1) is 14.0. The summed E-state index contributed by atoms with van der Waals surface area (Å²) in [5.74, 6) is 4.23. The first-order valence-electron chi connectivity index (χ1n) is 9.22. The fourth-order valence-corrected chi connectivity index (χ4v) is 7.14. The lowest BCUT2D eigenvalue weighted by Crippen LogP contribution is -2.28. The van der Waals surface area contributed by atoms with Gasteiger partial charge in [-0.05, 0) is 71.9 Å². The summed E-state index contributed by atoms with van der Waals surface area (Å²) in [6.07, 6.45) is 0. The minimum absolute atomic E-state index is 0.0285. The molecule has 0 amide bonds. The molecule has 0 aliphatic heterocycles. The van der Waals surface area contributed by atoms with Crippen LogP contribution >= 0.6 is 6.89 Å². The van der Waals surface area contributed by atoms with Crippen molar-refractivity contribution in [1.29, 1.82) is 0 Å².